The number of carbonyl (C=O) groups is 2. The Hall–Kier alpha value is -1.31. The monoisotopic (exact) mass is 281 g/mol. The maximum Gasteiger partial charge on any atom is 0.408 e. The molecule has 0 heterocycles. The molecule has 0 aliphatic carbocycles. The van der Waals surface area contributed by atoms with E-state index < -0.39 is 38.8 Å². The molecule has 18 heavy (non-hydrogen) atoms. The third kappa shape index (κ3) is 6.43. The van der Waals surface area contributed by atoms with E-state index in [0.717, 1.165) is 13.2 Å². The van der Waals surface area contributed by atoms with E-state index in [-0.39, 0.29) is 0 Å². The van der Waals surface area contributed by atoms with E-state index in [9.17, 15) is 18.0 Å². The summed E-state index contributed by atoms with van der Waals surface area (Å²) in [6.45, 7) is 5.95. The van der Waals surface area contributed by atoms with Gasteiger partial charge in [0.15, 0.2) is 5.54 Å². The number of hydrogen-bond donors (Lipinski definition) is 2. The minimum absolute atomic E-state index is 0.714. The number of ether oxygens (including phenoxy) is 1. The number of aliphatic carboxylic acids is 1. The van der Waals surface area contributed by atoms with Crippen molar-refractivity contribution in [2.45, 2.75) is 38.8 Å². The molecule has 1 unspecified atom stereocenters. The molecule has 0 fully saturated rings. The van der Waals surface area contributed by atoms with E-state index in [4.69, 9.17) is 9.84 Å². The summed E-state index contributed by atoms with van der Waals surface area (Å²) >= 11 is 0. The Balaban J connectivity index is 4.95. The lowest BCUT2D eigenvalue weighted by Crippen LogP contribution is -2.57. The van der Waals surface area contributed by atoms with Gasteiger partial charge < -0.3 is 15.2 Å². The van der Waals surface area contributed by atoms with Gasteiger partial charge in [0, 0.05) is 6.26 Å². The predicted molar refractivity (Wildman–Crippen MR) is 65.1 cm³/mol. The van der Waals surface area contributed by atoms with Crippen LogP contribution in [0.25, 0.3) is 0 Å². The number of carboxylic acids is 1. The van der Waals surface area contributed by atoms with E-state index in [1.165, 1.54) is 0 Å². The number of hydrogen-bond acceptors (Lipinski definition) is 5. The van der Waals surface area contributed by atoms with Gasteiger partial charge in [-0.1, -0.05) is 0 Å². The minimum atomic E-state index is -3.57. The van der Waals surface area contributed by atoms with Crippen molar-refractivity contribution in [3.8, 4) is 0 Å². The maximum absolute atomic E-state index is 11.5. The summed E-state index contributed by atoms with van der Waals surface area (Å²) in [5.74, 6) is -2.16. The van der Waals surface area contributed by atoms with Crippen LogP contribution in [0.1, 0.15) is 27.7 Å². The van der Waals surface area contributed by atoms with Gasteiger partial charge >= 0.3 is 12.1 Å². The first kappa shape index (κ1) is 16.7. The molecule has 0 saturated heterocycles. The Morgan fingerprint density at radius 1 is 1.22 bits per heavy atom. The number of carbonyl (C=O) groups excluding carboxylic acids is 1. The van der Waals surface area contributed by atoms with Gasteiger partial charge in [-0.3, -0.25) is 0 Å². The molecule has 0 aliphatic rings. The summed E-state index contributed by atoms with van der Waals surface area (Å²) in [4.78, 5) is 22.5. The lowest BCUT2D eigenvalue weighted by Gasteiger charge is -2.27. The second-order valence-electron chi connectivity index (χ2n) is 5.33. The lowest BCUT2D eigenvalue weighted by atomic mass is 10.1. The van der Waals surface area contributed by atoms with Crippen molar-refractivity contribution >= 4 is 21.9 Å². The molecule has 0 aliphatic heterocycles. The Bertz CT molecular complexity index is 436. The van der Waals surface area contributed by atoms with Crippen LogP contribution < -0.4 is 5.32 Å². The normalized spacial score (nSPS) is 15.6. The van der Waals surface area contributed by atoms with Crippen molar-refractivity contribution < 1.29 is 27.9 Å². The molecule has 7 nitrogen and oxygen atoms in total. The summed E-state index contributed by atoms with van der Waals surface area (Å²) < 4.78 is 27.2. The van der Waals surface area contributed by atoms with Crippen molar-refractivity contribution in [3.05, 3.63) is 0 Å². The third-order valence-electron chi connectivity index (χ3n) is 1.80. The van der Waals surface area contributed by atoms with E-state index in [1.807, 2.05) is 0 Å². The molecule has 0 bridgehead atoms. The lowest BCUT2D eigenvalue weighted by molar-refractivity contribution is -0.143. The average Bonchev–Trinajstić information content (AvgIpc) is 1.94. The highest BCUT2D eigenvalue weighted by molar-refractivity contribution is 7.90. The van der Waals surface area contributed by atoms with Crippen molar-refractivity contribution in [2.24, 2.45) is 0 Å². The number of rotatable bonds is 4. The van der Waals surface area contributed by atoms with Gasteiger partial charge in [-0.15, -0.1) is 0 Å². The minimum Gasteiger partial charge on any atom is -0.479 e. The molecule has 2 N–H and O–H groups in total. The number of sulfone groups is 1. The summed E-state index contributed by atoms with van der Waals surface area (Å²) in [5.41, 5.74) is -2.72. The second-order valence-corrected chi connectivity index (χ2v) is 7.47. The first-order valence-corrected chi connectivity index (χ1v) is 7.23. The van der Waals surface area contributed by atoms with Crippen molar-refractivity contribution in [1.82, 2.24) is 5.32 Å². The summed E-state index contributed by atoms with van der Waals surface area (Å²) in [6, 6.07) is 0. The first-order chi connectivity index (χ1) is 7.75. The molecule has 1 atom stereocenters. The van der Waals surface area contributed by atoms with Gasteiger partial charge in [0.2, 0.25) is 0 Å². The van der Waals surface area contributed by atoms with Crippen molar-refractivity contribution in [3.63, 3.8) is 0 Å². The standard InChI is InChI=1S/C10H19NO6S/c1-9(2,3)17-8(14)11-10(4,7(12)13)6-18(5,15)16/h6H2,1-5H3,(H,11,14)(H,12,13). The fraction of sp³-hybridized carbons (Fsp3) is 0.800. The van der Waals surface area contributed by atoms with E-state index >= 15 is 0 Å². The Kier molecular flexibility index (Phi) is 4.76. The molecular formula is C10H19NO6S. The molecule has 1 amide bonds. The highest BCUT2D eigenvalue weighted by Gasteiger charge is 2.39. The smallest absolute Gasteiger partial charge is 0.408 e. The Labute approximate surface area is 106 Å². The maximum atomic E-state index is 11.5. The summed E-state index contributed by atoms with van der Waals surface area (Å²) in [6.07, 6.45) is -0.0821. The van der Waals surface area contributed by atoms with Gasteiger partial charge in [-0.05, 0) is 27.7 Å². The van der Waals surface area contributed by atoms with Crippen LogP contribution in [0, 0.1) is 0 Å². The summed E-state index contributed by atoms with van der Waals surface area (Å²) in [7, 11) is -3.57. The molecule has 0 rings (SSSR count). The van der Waals surface area contributed by atoms with Gasteiger partial charge in [-0.2, -0.15) is 0 Å². The van der Waals surface area contributed by atoms with Crippen LogP contribution in [0.4, 0.5) is 4.79 Å². The zero-order valence-corrected chi connectivity index (χ0v) is 11.9. The zero-order valence-electron chi connectivity index (χ0n) is 11.1. The van der Waals surface area contributed by atoms with Crippen LogP contribution >= 0.6 is 0 Å². The third-order valence-corrected chi connectivity index (χ3v) is 2.90. The van der Waals surface area contributed by atoms with Gasteiger partial charge in [0.25, 0.3) is 0 Å². The van der Waals surface area contributed by atoms with Crippen LogP contribution in [0.15, 0.2) is 0 Å². The van der Waals surface area contributed by atoms with Gasteiger partial charge in [-0.25, -0.2) is 18.0 Å². The van der Waals surface area contributed by atoms with E-state index in [2.05, 4.69) is 5.32 Å². The van der Waals surface area contributed by atoms with Crippen molar-refractivity contribution in [2.75, 3.05) is 12.0 Å². The fourth-order valence-corrected chi connectivity index (χ4v) is 2.45. The summed E-state index contributed by atoms with van der Waals surface area (Å²) in [5, 5.41) is 11.1. The van der Waals surface area contributed by atoms with Gasteiger partial charge in [0.1, 0.15) is 15.4 Å². The van der Waals surface area contributed by atoms with Crippen LogP contribution in [-0.2, 0) is 19.4 Å². The topological polar surface area (TPSA) is 110 Å². The largest absolute Gasteiger partial charge is 0.479 e. The van der Waals surface area contributed by atoms with Crippen LogP contribution in [0.3, 0.4) is 0 Å². The van der Waals surface area contributed by atoms with Crippen molar-refractivity contribution in [1.29, 1.82) is 0 Å². The fourth-order valence-electron chi connectivity index (χ4n) is 1.20. The quantitative estimate of drug-likeness (QED) is 0.771. The second kappa shape index (κ2) is 5.13. The first-order valence-electron chi connectivity index (χ1n) is 5.17. The average molecular weight is 281 g/mol. The molecule has 0 aromatic carbocycles. The molecule has 0 aromatic heterocycles. The van der Waals surface area contributed by atoms with E-state index in [0.29, 0.717) is 0 Å². The predicted octanol–water partition coefficient (Wildman–Crippen LogP) is 0.399. The van der Waals surface area contributed by atoms with Gasteiger partial charge in [0.05, 0.1) is 5.75 Å². The molecule has 8 heteroatoms. The number of nitrogens with one attached hydrogen (secondary N) is 1. The number of amides is 1. The zero-order chi connectivity index (χ0) is 14.8. The van der Waals surface area contributed by atoms with E-state index in [1.54, 1.807) is 20.8 Å². The molecule has 0 saturated carbocycles. The SMILES string of the molecule is CC(C)(C)OC(=O)NC(C)(CS(C)(=O)=O)C(=O)O. The highest BCUT2D eigenvalue weighted by atomic mass is 32.2. The molecule has 0 aromatic rings. The molecular weight excluding hydrogens is 262 g/mol. The Morgan fingerprint density at radius 2 is 1.67 bits per heavy atom. The molecule has 0 spiro atoms. The van der Waals surface area contributed by atoms with Crippen LogP contribution in [0.2, 0.25) is 0 Å². The van der Waals surface area contributed by atoms with Crippen LogP contribution in [-0.4, -0.2) is 48.7 Å². The molecule has 0 radical (unpaired) electrons. The molecule has 106 valence electrons. The highest BCUT2D eigenvalue weighted by Crippen LogP contribution is 2.12. The Morgan fingerprint density at radius 3 is 1.94 bits per heavy atom. The number of carboxylic acid groups (broad SMARTS) is 1. The van der Waals surface area contributed by atoms with Crippen LogP contribution in [0.5, 0.6) is 0 Å². The number of alkyl carbamates (subject to hydrolysis) is 1.